The fourth-order valence-electron chi connectivity index (χ4n) is 0. The third-order valence-corrected chi connectivity index (χ3v) is 0. The molecule has 0 rings (SSSR count). The Morgan fingerprint density at radius 2 is 0.375 bits per heavy atom. The molecule has 3 nitrogen and oxygen atoms in total. The van der Waals surface area contributed by atoms with E-state index in [1.54, 1.807) is 0 Å². The van der Waals surface area contributed by atoms with E-state index >= 15 is 0 Å². The third kappa shape index (κ3) is 82.3. The Balaban J connectivity index is 0. The van der Waals surface area contributed by atoms with E-state index in [9.17, 15) is 0 Å². The molecule has 0 aliphatic heterocycles. The Labute approximate surface area is 101 Å². The van der Waals surface area contributed by atoms with Gasteiger partial charge in [-0.1, -0.05) is 8.41 Å². The largest absolute Gasteiger partial charge is 1.00 e. The standard InChI is InChI=1S/BH4.4Li.3H2N/h1H4;;;;;3*1H2/q-1;4*+1;3*-1. The number of hydrogen-bond acceptors (Lipinski definition) is 0. The predicted molar refractivity (Wildman–Crippen MR) is 27.2 cm³/mol. The van der Waals surface area contributed by atoms with Crippen LogP contribution in [0.15, 0.2) is 0 Å². The van der Waals surface area contributed by atoms with Crippen LogP contribution in [-0.4, -0.2) is 8.41 Å². The number of nitrogens with two attached hydrogens (primary N) is 3. The van der Waals surface area contributed by atoms with Crippen molar-refractivity contribution in [3.63, 3.8) is 0 Å². The first-order chi connectivity index (χ1) is 0. The minimum atomic E-state index is 0. The molecule has 6 N–H and O–H groups in total. The van der Waals surface area contributed by atoms with Gasteiger partial charge in [0.25, 0.3) is 0 Å². The van der Waals surface area contributed by atoms with Crippen LogP contribution in [0.1, 0.15) is 0 Å². The molecule has 0 aromatic rings. The van der Waals surface area contributed by atoms with Gasteiger partial charge < -0.3 is 18.5 Å². The summed E-state index contributed by atoms with van der Waals surface area (Å²) in [5.74, 6) is 0. The van der Waals surface area contributed by atoms with Crippen LogP contribution in [0.5, 0.6) is 0 Å². The molecule has 0 spiro atoms. The van der Waals surface area contributed by atoms with E-state index in [-0.39, 0.29) is 102 Å². The van der Waals surface area contributed by atoms with E-state index in [1.165, 1.54) is 0 Å². The van der Waals surface area contributed by atoms with Gasteiger partial charge in [0.1, 0.15) is 0 Å². The molecule has 0 saturated carbocycles. The van der Waals surface area contributed by atoms with E-state index in [4.69, 9.17) is 0 Å². The van der Waals surface area contributed by atoms with Crippen LogP contribution in [0.3, 0.4) is 0 Å². The van der Waals surface area contributed by atoms with Crippen LogP contribution in [-0.2, 0) is 0 Å². The molecule has 0 unspecified atom stereocenters. The van der Waals surface area contributed by atoms with Gasteiger partial charge in [-0.3, -0.25) is 0 Å². The monoisotopic (exact) mass is 91.2 g/mol. The first-order valence-corrected chi connectivity index (χ1v) is 0. The van der Waals surface area contributed by atoms with Crippen LogP contribution in [0.2, 0.25) is 0 Å². The summed E-state index contributed by atoms with van der Waals surface area (Å²) >= 11 is 0. The molecule has 0 aromatic carbocycles. The molecular weight excluding hydrogens is 80.6 g/mol. The molecule has 0 aliphatic rings. The molecule has 8 heavy (non-hydrogen) atoms. The van der Waals surface area contributed by atoms with Gasteiger partial charge in [-0.05, 0) is 0 Å². The van der Waals surface area contributed by atoms with Gasteiger partial charge in [-0.25, -0.2) is 0 Å². The predicted octanol–water partition coefficient (Wildman–Crippen LogP) is -11.3. The second kappa shape index (κ2) is 119. The molecule has 8 heteroatoms. The van der Waals surface area contributed by atoms with Gasteiger partial charge in [0.05, 0.1) is 0 Å². The van der Waals surface area contributed by atoms with Crippen LogP contribution in [0.4, 0.5) is 0 Å². The fourth-order valence-corrected chi connectivity index (χ4v) is 0. The molecule has 0 atom stereocenters. The van der Waals surface area contributed by atoms with Crippen LogP contribution < -0.4 is 75.4 Å². The Hall–Kier alpha value is 2.33. The molecule has 0 heterocycles. The molecule has 0 bridgehead atoms. The number of hydrogen-bond donors (Lipinski definition) is 0. The summed E-state index contributed by atoms with van der Waals surface area (Å²) in [6, 6.07) is 0. The average molecular weight is 90.7 g/mol. The average Bonchev–Trinajstić information content (AvgIpc) is 0. The maximum atomic E-state index is 0. The van der Waals surface area contributed by atoms with Gasteiger partial charge >= 0.3 is 75.4 Å². The van der Waals surface area contributed by atoms with E-state index in [0.29, 0.717) is 0 Å². The van der Waals surface area contributed by atoms with Crippen molar-refractivity contribution in [3.8, 4) is 0 Å². The summed E-state index contributed by atoms with van der Waals surface area (Å²) in [7, 11) is 0. The first kappa shape index (κ1) is 165. The van der Waals surface area contributed by atoms with Crippen molar-refractivity contribution in [1.82, 2.24) is 0 Å². The summed E-state index contributed by atoms with van der Waals surface area (Å²) in [6.45, 7) is 0. The van der Waals surface area contributed by atoms with Crippen molar-refractivity contribution in [1.29, 1.82) is 0 Å². The third-order valence-electron chi connectivity index (χ3n) is 0. The first-order valence-electron chi connectivity index (χ1n) is 0. The Morgan fingerprint density at radius 3 is 0.375 bits per heavy atom. The van der Waals surface area contributed by atoms with Crippen LogP contribution >= 0.6 is 0 Å². The van der Waals surface area contributed by atoms with Crippen molar-refractivity contribution < 1.29 is 75.4 Å². The van der Waals surface area contributed by atoms with Crippen molar-refractivity contribution >= 4 is 8.41 Å². The minimum absolute atomic E-state index is 0. The summed E-state index contributed by atoms with van der Waals surface area (Å²) in [4.78, 5) is 0. The molecule has 0 aromatic heterocycles. The second-order valence-corrected chi connectivity index (χ2v) is 0. The van der Waals surface area contributed by atoms with Gasteiger partial charge in [0.15, 0.2) is 0 Å². The summed E-state index contributed by atoms with van der Waals surface area (Å²) < 4.78 is 0. The van der Waals surface area contributed by atoms with Gasteiger partial charge in [0, 0.05) is 0 Å². The molecule has 0 saturated heterocycles. The molecular formula is H10BLi4N3. The minimum Gasteiger partial charge on any atom is -0.693 e. The van der Waals surface area contributed by atoms with E-state index in [0.717, 1.165) is 0 Å². The summed E-state index contributed by atoms with van der Waals surface area (Å²) in [5.41, 5.74) is 0. The Morgan fingerprint density at radius 1 is 0.375 bits per heavy atom. The summed E-state index contributed by atoms with van der Waals surface area (Å²) in [5, 5.41) is 0. The Bertz CT molecular complexity index is 11.2. The SMILES string of the molecule is [BH4-].[Li+].[Li+].[Li+].[Li+].[NH2-].[NH2-].[NH2-]. The maximum Gasteiger partial charge on any atom is 1.00 e. The second-order valence-electron chi connectivity index (χ2n) is 0. The molecule has 0 fully saturated rings. The molecule has 32 valence electrons. The maximum absolute atomic E-state index is 0. The zero-order chi connectivity index (χ0) is 0. The normalized spacial score (nSPS) is 0. The molecule has 0 amide bonds. The summed E-state index contributed by atoms with van der Waals surface area (Å²) in [6.07, 6.45) is 0. The Kier molecular flexibility index (Phi) is 2460. The topological polar surface area (TPSA) is 100 Å². The van der Waals surface area contributed by atoms with Crippen LogP contribution in [0.25, 0.3) is 18.5 Å². The zero-order valence-corrected chi connectivity index (χ0v) is 5.73. The van der Waals surface area contributed by atoms with E-state index in [1.807, 2.05) is 0 Å². The van der Waals surface area contributed by atoms with E-state index in [2.05, 4.69) is 0 Å². The van der Waals surface area contributed by atoms with Gasteiger partial charge in [0.2, 0.25) is 0 Å². The van der Waals surface area contributed by atoms with Crippen LogP contribution in [0, 0.1) is 0 Å². The quantitative estimate of drug-likeness (QED) is 0.264. The van der Waals surface area contributed by atoms with Crippen molar-refractivity contribution in [2.45, 2.75) is 0 Å². The zero-order valence-electron chi connectivity index (χ0n) is 5.73. The van der Waals surface area contributed by atoms with E-state index < -0.39 is 0 Å². The van der Waals surface area contributed by atoms with Gasteiger partial charge in [-0.2, -0.15) is 0 Å². The van der Waals surface area contributed by atoms with Crippen molar-refractivity contribution in [2.75, 3.05) is 0 Å². The van der Waals surface area contributed by atoms with Gasteiger partial charge in [-0.15, -0.1) is 0 Å². The smallest absolute Gasteiger partial charge is 0.693 e. The fraction of sp³-hybridized carbons (Fsp3) is 0. The molecule has 0 radical (unpaired) electrons. The number of rotatable bonds is 0. The van der Waals surface area contributed by atoms with Crippen molar-refractivity contribution in [3.05, 3.63) is 18.5 Å². The van der Waals surface area contributed by atoms with Crippen molar-refractivity contribution in [2.24, 2.45) is 0 Å². The molecule has 0 aliphatic carbocycles.